The molecule has 2 heterocycles. The lowest BCUT2D eigenvalue weighted by Crippen LogP contribution is -2.30. The molecule has 37 heavy (non-hydrogen) atoms. The molecule has 0 atom stereocenters. The second kappa shape index (κ2) is 15.7. The summed E-state index contributed by atoms with van der Waals surface area (Å²) in [7, 11) is 0. The average Bonchev–Trinajstić information content (AvgIpc) is 3.39. The van der Waals surface area contributed by atoms with E-state index in [0.29, 0.717) is 19.5 Å². The van der Waals surface area contributed by atoms with Crippen molar-refractivity contribution in [1.29, 1.82) is 0 Å². The summed E-state index contributed by atoms with van der Waals surface area (Å²) in [6.07, 6.45) is 5.08. The molecule has 2 aliphatic heterocycles. The molecule has 0 aromatic heterocycles. The molecule has 10 nitrogen and oxygen atoms in total. The fraction of sp³-hybridized carbons (Fsp3) is 0.370. The van der Waals surface area contributed by atoms with Crippen molar-refractivity contribution in [3.8, 4) is 0 Å². The maximum Gasteiger partial charge on any atom is 0.324 e. The third-order valence-corrected chi connectivity index (χ3v) is 5.52. The highest BCUT2D eigenvalue weighted by Gasteiger charge is 2.28. The summed E-state index contributed by atoms with van der Waals surface area (Å²) in [4.78, 5) is 57.4. The molecule has 7 amide bonds. The molecule has 0 unspecified atom stereocenters. The Bertz CT molecular complexity index is 940. The van der Waals surface area contributed by atoms with Gasteiger partial charge in [0.1, 0.15) is 0 Å². The van der Waals surface area contributed by atoms with Gasteiger partial charge >= 0.3 is 12.1 Å². The Labute approximate surface area is 217 Å². The molecule has 0 spiro atoms. The smallest absolute Gasteiger partial charge is 0.324 e. The first-order valence-corrected chi connectivity index (χ1v) is 12.3. The van der Waals surface area contributed by atoms with E-state index >= 15 is 0 Å². The molecule has 0 saturated carbocycles. The molecule has 4 N–H and O–H groups in total. The average molecular weight is 510 g/mol. The van der Waals surface area contributed by atoms with Crippen molar-refractivity contribution in [2.24, 2.45) is 5.73 Å². The van der Waals surface area contributed by atoms with Gasteiger partial charge < -0.3 is 16.4 Å². The van der Waals surface area contributed by atoms with Crippen LogP contribution in [0, 0.1) is 0 Å². The molecule has 4 rings (SSSR count). The zero-order chi connectivity index (χ0) is 27.0. The monoisotopic (exact) mass is 509 g/mol. The molecule has 10 heteroatoms. The third-order valence-electron chi connectivity index (χ3n) is 5.52. The van der Waals surface area contributed by atoms with Gasteiger partial charge in [0.2, 0.25) is 17.7 Å². The van der Waals surface area contributed by atoms with Gasteiger partial charge in [0, 0.05) is 6.42 Å². The maximum atomic E-state index is 11.2. The van der Waals surface area contributed by atoms with E-state index in [4.69, 9.17) is 5.73 Å². The summed E-state index contributed by atoms with van der Waals surface area (Å²) in [6.45, 7) is 3.08. The fourth-order valence-electron chi connectivity index (χ4n) is 3.49. The molecule has 2 saturated heterocycles. The second-order valence-electron chi connectivity index (χ2n) is 8.53. The van der Waals surface area contributed by atoms with Gasteiger partial charge in [-0.15, -0.1) is 0 Å². The van der Waals surface area contributed by atoms with Crippen LogP contribution in [0.5, 0.6) is 0 Å². The molecule has 2 aromatic carbocycles. The second-order valence-corrected chi connectivity index (χ2v) is 8.53. The number of nitrogens with zero attached hydrogens (tertiary/aromatic N) is 2. The minimum atomic E-state index is -0.307. The highest BCUT2D eigenvalue weighted by Crippen LogP contribution is 2.08. The summed E-state index contributed by atoms with van der Waals surface area (Å²) < 4.78 is 0. The normalized spacial score (nSPS) is 14.3. The lowest BCUT2D eigenvalue weighted by molar-refractivity contribution is -0.126. The van der Waals surface area contributed by atoms with Crippen LogP contribution < -0.4 is 16.4 Å². The highest BCUT2D eigenvalue weighted by atomic mass is 16.2. The minimum absolute atomic E-state index is 0.117. The van der Waals surface area contributed by atoms with Crippen LogP contribution in [-0.2, 0) is 27.5 Å². The van der Waals surface area contributed by atoms with E-state index in [2.05, 4.69) is 17.6 Å². The number of hydrogen-bond acceptors (Lipinski definition) is 5. The SMILES string of the molecule is CCCCCCC(N)=O.O=C1CNC(=O)N1Cc1ccccc1.O=C1CNC(=O)N1Cc1ccccc1. The van der Waals surface area contributed by atoms with Gasteiger partial charge in [-0.05, 0) is 17.5 Å². The molecule has 198 valence electrons. The summed E-state index contributed by atoms with van der Waals surface area (Å²) in [5, 5.41) is 4.95. The number of carbonyl (C=O) groups is 5. The zero-order valence-corrected chi connectivity index (χ0v) is 21.2. The van der Waals surface area contributed by atoms with E-state index in [0.717, 1.165) is 24.0 Å². The Morgan fingerprint density at radius 3 is 1.49 bits per heavy atom. The van der Waals surface area contributed by atoms with Crippen molar-refractivity contribution in [3.63, 3.8) is 0 Å². The lowest BCUT2D eigenvalue weighted by Gasteiger charge is -2.11. The number of amides is 7. The Morgan fingerprint density at radius 2 is 1.16 bits per heavy atom. The number of nitrogens with one attached hydrogen (secondary N) is 2. The summed E-state index contributed by atoms with van der Waals surface area (Å²) in [6, 6.07) is 18.3. The standard InChI is InChI=1S/2C10H10N2O2.C7H15NO/c2*13-9-6-11-10(14)12(9)7-8-4-2-1-3-5-8;1-2-3-4-5-6-7(8)9/h2*1-5H,6-7H2,(H,11,14);2-6H2,1H3,(H2,8,9). The summed E-state index contributed by atoms with van der Waals surface area (Å²) in [5.74, 6) is -0.510. The Balaban J connectivity index is 0.000000201. The molecular weight excluding hydrogens is 474 g/mol. The molecule has 2 aromatic rings. The van der Waals surface area contributed by atoms with E-state index in [1.165, 1.54) is 22.6 Å². The van der Waals surface area contributed by atoms with E-state index in [-0.39, 0.29) is 42.9 Å². The van der Waals surface area contributed by atoms with Gasteiger partial charge in [0.15, 0.2) is 0 Å². The quantitative estimate of drug-likeness (QED) is 0.352. The number of hydrogen-bond donors (Lipinski definition) is 3. The summed E-state index contributed by atoms with van der Waals surface area (Å²) >= 11 is 0. The van der Waals surface area contributed by atoms with Gasteiger partial charge in [-0.3, -0.25) is 24.2 Å². The number of rotatable bonds is 9. The molecule has 2 aliphatic rings. The van der Waals surface area contributed by atoms with Crippen LogP contribution in [0.4, 0.5) is 9.59 Å². The predicted molar refractivity (Wildman–Crippen MR) is 139 cm³/mol. The van der Waals surface area contributed by atoms with Crippen molar-refractivity contribution >= 4 is 29.8 Å². The van der Waals surface area contributed by atoms with E-state index in [9.17, 15) is 24.0 Å². The highest BCUT2D eigenvalue weighted by molar-refractivity contribution is 6.02. The van der Waals surface area contributed by atoms with E-state index in [1.807, 2.05) is 60.7 Å². The van der Waals surface area contributed by atoms with Crippen molar-refractivity contribution in [1.82, 2.24) is 20.4 Å². The van der Waals surface area contributed by atoms with Gasteiger partial charge in [-0.2, -0.15) is 0 Å². The Kier molecular flexibility index (Phi) is 12.3. The Morgan fingerprint density at radius 1 is 0.730 bits per heavy atom. The van der Waals surface area contributed by atoms with Gasteiger partial charge in [0.25, 0.3) is 0 Å². The molecule has 0 radical (unpaired) electrons. The zero-order valence-electron chi connectivity index (χ0n) is 21.2. The van der Waals surface area contributed by atoms with Crippen LogP contribution in [0.3, 0.4) is 0 Å². The van der Waals surface area contributed by atoms with Crippen LogP contribution >= 0.6 is 0 Å². The van der Waals surface area contributed by atoms with Crippen molar-refractivity contribution in [3.05, 3.63) is 71.8 Å². The first-order chi connectivity index (χ1) is 17.8. The minimum Gasteiger partial charge on any atom is -0.370 e. The molecule has 0 aliphatic carbocycles. The van der Waals surface area contributed by atoms with Crippen LogP contribution in [0.1, 0.15) is 50.2 Å². The molecule has 2 fully saturated rings. The Hall–Kier alpha value is -4.21. The largest absolute Gasteiger partial charge is 0.370 e. The number of primary amides is 1. The van der Waals surface area contributed by atoms with Gasteiger partial charge in [-0.1, -0.05) is 86.8 Å². The number of imide groups is 2. The molecule has 0 bridgehead atoms. The van der Waals surface area contributed by atoms with E-state index in [1.54, 1.807) is 0 Å². The predicted octanol–water partition coefficient (Wildman–Crippen LogP) is 2.92. The van der Waals surface area contributed by atoms with Crippen LogP contribution in [0.25, 0.3) is 0 Å². The number of benzene rings is 2. The van der Waals surface area contributed by atoms with Crippen molar-refractivity contribution in [2.75, 3.05) is 13.1 Å². The van der Waals surface area contributed by atoms with E-state index < -0.39 is 0 Å². The van der Waals surface area contributed by atoms with Gasteiger partial charge in [0.05, 0.1) is 26.2 Å². The number of carbonyl (C=O) groups excluding carboxylic acids is 5. The first kappa shape index (κ1) is 29.0. The van der Waals surface area contributed by atoms with Crippen LogP contribution in [0.15, 0.2) is 60.7 Å². The van der Waals surface area contributed by atoms with Crippen LogP contribution in [0.2, 0.25) is 0 Å². The third kappa shape index (κ3) is 10.5. The molecular formula is C27H35N5O5. The van der Waals surface area contributed by atoms with Crippen molar-refractivity contribution < 1.29 is 24.0 Å². The van der Waals surface area contributed by atoms with Gasteiger partial charge in [-0.25, -0.2) is 9.59 Å². The van der Waals surface area contributed by atoms with Crippen LogP contribution in [-0.4, -0.2) is 52.7 Å². The topological polar surface area (TPSA) is 142 Å². The fourth-order valence-corrected chi connectivity index (χ4v) is 3.49. The van der Waals surface area contributed by atoms with Crippen molar-refractivity contribution in [2.45, 2.75) is 52.1 Å². The number of nitrogens with two attached hydrogens (primary N) is 1. The maximum absolute atomic E-state index is 11.2. The lowest BCUT2D eigenvalue weighted by atomic mass is 10.1. The summed E-state index contributed by atoms with van der Waals surface area (Å²) in [5.41, 5.74) is 6.85. The number of unbranched alkanes of at least 4 members (excludes halogenated alkanes) is 3. The number of urea groups is 2. The first-order valence-electron chi connectivity index (χ1n) is 12.3.